The summed E-state index contributed by atoms with van der Waals surface area (Å²) >= 11 is 12.2. The van der Waals surface area contributed by atoms with Gasteiger partial charge in [-0.1, -0.05) is 86.4 Å². The number of hydrogen-bond acceptors (Lipinski definition) is 4. The van der Waals surface area contributed by atoms with E-state index in [1.165, 1.54) is 58.9 Å². The van der Waals surface area contributed by atoms with Crippen molar-refractivity contribution >= 4 is 50.7 Å². The van der Waals surface area contributed by atoms with E-state index in [0.29, 0.717) is 5.56 Å². The molecular formula is C35H32Cl2F3NO5S. The molecule has 248 valence electrons. The van der Waals surface area contributed by atoms with Gasteiger partial charge in [0, 0.05) is 12.0 Å². The third-order valence-corrected chi connectivity index (χ3v) is 10.1. The highest BCUT2D eigenvalue weighted by Gasteiger charge is 2.31. The lowest BCUT2D eigenvalue weighted by Crippen LogP contribution is -2.30. The molecule has 0 aliphatic carbocycles. The zero-order chi connectivity index (χ0) is 34.7. The molecule has 0 aliphatic rings. The number of benzene rings is 4. The molecule has 0 fully saturated rings. The summed E-state index contributed by atoms with van der Waals surface area (Å²) in [7, 11) is -4.19. The summed E-state index contributed by atoms with van der Waals surface area (Å²) in [5, 5.41) is 9.99. The highest BCUT2D eigenvalue weighted by atomic mass is 35.5. The molecule has 0 bridgehead atoms. The smallest absolute Gasteiger partial charge is 0.416 e. The van der Waals surface area contributed by atoms with Crippen molar-refractivity contribution in [3.8, 4) is 0 Å². The largest absolute Gasteiger partial charge is 0.481 e. The number of anilines is 1. The summed E-state index contributed by atoms with van der Waals surface area (Å²) in [6, 6.07) is 21.5. The van der Waals surface area contributed by atoms with Gasteiger partial charge in [-0.25, -0.2) is 8.42 Å². The van der Waals surface area contributed by atoms with Crippen molar-refractivity contribution in [2.75, 3.05) is 4.31 Å². The zero-order valence-corrected chi connectivity index (χ0v) is 28.0. The first kappa shape index (κ1) is 36.0. The number of nitrogens with zero attached hydrogens (tertiary/aromatic N) is 1. The predicted octanol–water partition coefficient (Wildman–Crippen LogP) is 9.22. The molecule has 4 aromatic carbocycles. The molecule has 1 unspecified atom stereocenters. The normalized spacial score (nSPS) is 12.9. The monoisotopic (exact) mass is 705 g/mol. The first-order valence-electron chi connectivity index (χ1n) is 14.5. The van der Waals surface area contributed by atoms with Crippen molar-refractivity contribution in [3.63, 3.8) is 0 Å². The van der Waals surface area contributed by atoms with Crippen LogP contribution in [0.4, 0.5) is 18.9 Å². The fourth-order valence-corrected chi connectivity index (χ4v) is 6.76. The van der Waals surface area contributed by atoms with Crippen molar-refractivity contribution in [2.45, 2.75) is 56.6 Å². The Labute approximate surface area is 281 Å². The molecular weight excluding hydrogens is 674 g/mol. The van der Waals surface area contributed by atoms with Crippen LogP contribution in [0, 0.1) is 5.92 Å². The van der Waals surface area contributed by atoms with Crippen molar-refractivity contribution in [1.29, 1.82) is 0 Å². The maximum absolute atomic E-state index is 13.9. The SMILES string of the molecule is CC(C)(C)c1ccc(CN(c2ccc(C(=O)CC(Cc3cccc(C(F)(F)F)c3)C(=O)O)cc2)S(=O)(=O)c2ccc(Cl)c(Cl)c2)cc1. The first-order valence-corrected chi connectivity index (χ1v) is 16.7. The minimum absolute atomic E-state index is 0.0567. The zero-order valence-electron chi connectivity index (χ0n) is 25.7. The number of rotatable bonds is 11. The summed E-state index contributed by atoms with van der Waals surface area (Å²) in [4.78, 5) is 25.0. The Hall–Kier alpha value is -3.86. The minimum Gasteiger partial charge on any atom is -0.481 e. The molecule has 0 amide bonds. The van der Waals surface area contributed by atoms with Gasteiger partial charge in [0.2, 0.25) is 0 Å². The van der Waals surface area contributed by atoms with E-state index in [2.05, 4.69) is 20.8 Å². The van der Waals surface area contributed by atoms with Gasteiger partial charge >= 0.3 is 12.1 Å². The summed E-state index contributed by atoms with van der Waals surface area (Å²) < 4.78 is 68.5. The second-order valence-corrected chi connectivity index (χ2v) is 14.8. The Balaban J connectivity index is 1.62. The van der Waals surface area contributed by atoms with Crippen LogP contribution >= 0.6 is 23.2 Å². The molecule has 0 heterocycles. The quantitative estimate of drug-likeness (QED) is 0.157. The maximum atomic E-state index is 13.9. The Bertz CT molecular complexity index is 1870. The lowest BCUT2D eigenvalue weighted by atomic mass is 9.87. The Morgan fingerprint density at radius 3 is 2.00 bits per heavy atom. The number of Topliss-reactive ketones (excluding diaryl/α,β-unsaturated/α-hetero) is 1. The molecule has 0 radical (unpaired) electrons. The van der Waals surface area contributed by atoms with Crippen LogP contribution in [0.1, 0.15) is 59.8 Å². The number of sulfonamides is 1. The van der Waals surface area contributed by atoms with Crippen molar-refractivity contribution in [1.82, 2.24) is 0 Å². The number of carbonyl (C=O) groups excluding carboxylic acids is 1. The lowest BCUT2D eigenvalue weighted by molar-refractivity contribution is -0.141. The molecule has 4 rings (SSSR count). The van der Waals surface area contributed by atoms with Gasteiger partial charge in [-0.3, -0.25) is 13.9 Å². The molecule has 1 atom stereocenters. The number of carboxylic acid groups (broad SMARTS) is 1. The predicted molar refractivity (Wildman–Crippen MR) is 177 cm³/mol. The number of carboxylic acids is 1. The van der Waals surface area contributed by atoms with Crippen molar-refractivity contribution < 1.29 is 36.3 Å². The van der Waals surface area contributed by atoms with Crippen molar-refractivity contribution in [2.24, 2.45) is 5.92 Å². The average Bonchev–Trinajstić information content (AvgIpc) is 3.00. The number of halogens is 5. The highest BCUT2D eigenvalue weighted by molar-refractivity contribution is 7.92. The standard InChI is InChI=1S/C35H32Cl2F3NO5S/c1-34(2,3)26-11-7-22(8-12-26)21-41(47(45,46)29-15-16-30(36)31(37)20-29)28-13-9-24(10-14-28)32(42)19-25(33(43)44)17-23-5-4-6-27(18-23)35(38,39)40/h4-16,18,20,25H,17,19,21H2,1-3H3,(H,43,44). The molecule has 47 heavy (non-hydrogen) atoms. The number of hydrogen-bond donors (Lipinski definition) is 1. The molecule has 0 spiro atoms. The van der Waals surface area contributed by atoms with E-state index in [1.54, 1.807) is 0 Å². The molecule has 6 nitrogen and oxygen atoms in total. The number of alkyl halides is 3. The highest BCUT2D eigenvalue weighted by Crippen LogP contribution is 2.33. The number of carbonyl (C=O) groups is 2. The van der Waals surface area contributed by atoms with Crippen LogP contribution in [-0.4, -0.2) is 25.3 Å². The Morgan fingerprint density at radius 1 is 0.809 bits per heavy atom. The minimum atomic E-state index is -4.59. The second kappa shape index (κ2) is 14.1. The second-order valence-electron chi connectivity index (χ2n) is 12.1. The molecule has 0 aliphatic heterocycles. The van der Waals surface area contributed by atoms with Gasteiger partial charge in [-0.15, -0.1) is 0 Å². The topological polar surface area (TPSA) is 91.8 Å². The molecule has 0 saturated heterocycles. The summed E-state index contributed by atoms with van der Waals surface area (Å²) in [6.07, 6.45) is -5.35. The maximum Gasteiger partial charge on any atom is 0.416 e. The number of ketones is 1. The van der Waals surface area contributed by atoms with E-state index in [4.69, 9.17) is 23.2 Å². The van der Waals surface area contributed by atoms with Gasteiger partial charge in [0.05, 0.1) is 38.7 Å². The van der Waals surface area contributed by atoms with Crippen LogP contribution in [0.3, 0.4) is 0 Å². The summed E-state index contributed by atoms with van der Waals surface area (Å²) in [5.41, 5.74) is 1.22. The average molecular weight is 707 g/mol. The van der Waals surface area contributed by atoms with Crippen LogP contribution in [-0.2, 0) is 39.4 Å². The van der Waals surface area contributed by atoms with Crippen LogP contribution < -0.4 is 4.31 Å². The lowest BCUT2D eigenvalue weighted by Gasteiger charge is -2.26. The van der Waals surface area contributed by atoms with Gasteiger partial charge < -0.3 is 5.11 Å². The van der Waals surface area contributed by atoms with Gasteiger partial charge in [-0.05, 0) is 77.1 Å². The Morgan fingerprint density at radius 2 is 1.45 bits per heavy atom. The van der Waals surface area contributed by atoms with E-state index >= 15 is 0 Å². The van der Waals surface area contributed by atoms with E-state index < -0.39 is 45.9 Å². The van der Waals surface area contributed by atoms with E-state index in [0.717, 1.165) is 17.7 Å². The molecule has 0 saturated carbocycles. The van der Waals surface area contributed by atoms with E-state index in [-0.39, 0.29) is 50.1 Å². The van der Waals surface area contributed by atoms with Gasteiger partial charge in [0.25, 0.3) is 10.0 Å². The third-order valence-electron chi connectivity index (χ3n) is 7.62. The van der Waals surface area contributed by atoms with Crippen LogP contribution in [0.25, 0.3) is 0 Å². The third kappa shape index (κ3) is 8.94. The van der Waals surface area contributed by atoms with Crippen LogP contribution in [0.15, 0.2) is 95.9 Å². The summed E-state index contributed by atoms with van der Waals surface area (Å²) in [6.45, 7) is 6.14. The first-order chi connectivity index (χ1) is 21.9. The molecule has 12 heteroatoms. The van der Waals surface area contributed by atoms with E-state index in [9.17, 15) is 36.3 Å². The van der Waals surface area contributed by atoms with Gasteiger partial charge in [0.15, 0.2) is 5.78 Å². The van der Waals surface area contributed by atoms with Crippen molar-refractivity contribution in [3.05, 3.63) is 129 Å². The molecule has 0 aromatic heterocycles. The van der Waals surface area contributed by atoms with Crippen LogP contribution in [0.5, 0.6) is 0 Å². The summed E-state index contributed by atoms with van der Waals surface area (Å²) in [5.74, 6) is -3.18. The number of aliphatic carboxylic acids is 1. The van der Waals surface area contributed by atoms with Crippen LogP contribution in [0.2, 0.25) is 10.0 Å². The van der Waals surface area contributed by atoms with E-state index in [1.807, 2.05) is 24.3 Å². The fourth-order valence-electron chi connectivity index (χ4n) is 4.92. The van der Waals surface area contributed by atoms with Gasteiger partial charge in [0.1, 0.15) is 0 Å². The molecule has 4 aromatic rings. The van der Waals surface area contributed by atoms with Gasteiger partial charge in [-0.2, -0.15) is 13.2 Å². The molecule has 1 N–H and O–H groups in total. The fraction of sp³-hybridized carbons (Fsp3) is 0.257. The Kier molecular flexibility index (Phi) is 10.8.